The Hall–Kier alpha value is -4.23. The lowest BCUT2D eigenvalue weighted by molar-refractivity contribution is -0.384. The van der Waals surface area contributed by atoms with Crippen LogP contribution in [0, 0.1) is 44.1 Å². The number of nitriles is 3. The van der Waals surface area contributed by atoms with Gasteiger partial charge in [-0.1, -0.05) is 0 Å². The van der Waals surface area contributed by atoms with Crippen molar-refractivity contribution in [3.63, 3.8) is 0 Å². The van der Waals surface area contributed by atoms with Crippen molar-refractivity contribution in [1.29, 1.82) is 15.8 Å². The van der Waals surface area contributed by atoms with E-state index < -0.39 is 10.5 Å². The Bertz CT molecular complexity index is 1050. The molecule has 1 aliphatic heterocycles. The number of nitro groups is 1. The Morgan fingerprint density at radius 2 is 2.00 bits per heavy atom. The molecule has 0 aromatic heterocycles. The van der Waals surface area contributed by atoms with Gasteiger partial charge in [-0.2, -0.15) is 26.0 Å². The van der Waals surface area contributed by atoms with Gasteiger partial charge >= 0.3 is 0 Å². The van der Waals surface area contributed by atoms with E-state index in [0.717, 1.165) is 0 Å². The van der Waals surface area contributed by atoms with Crippen LogP contribution in [0.5, 0.6) is 5.75 Å². The Labute approximate surface area is 166 Å². The highest BCUT2D eigenvalue weighted by Gasteiger charge is 2.39. The zero-order chi connectivity index (χ0) is 21.6. The molecule has 0 radical (unpaired) electrons. The van der Waals surface area contributed by atoms with Gasteiger partial charge in [0, 0.05) is 11.6 Å². The first-order valence-electron chi connectivity index (χ1n) is 8.45. The van der Waals surface area contributed by atoms with Crippen LogP contribution in [0.25, 0.3) is 0 Å². The molecular weight excluding hydrogens is 376 g/mol. The van der Waals surface area contributed by atoms with Crippen LogP contribution in [0.15, 0.2) is 50.9 Å². The standard InChI is InChI=1S/C19H16N6O4/c1-4-28-17-7-13(25(26)27)5-6-16(17)24-23-11-15-14(10-22)18(12(8-20)9-21)29-19(15,2)3/h5-7H,4,11H2,1-3H3. The number of rotatable bonds is 6. The van der Waals surface area contributed by atoms with Crippen molar-refractivity contribution in [3.05, 3.63) is 50.8 Å². The van der Waals surface area contributed by atoms with Gasteiger partial charge in [0.05, 0.1) is 24.1 Å². The summed E-state index contributed by atoms with van der Waals surface area (Å²) in [6, 6.07) is 9.35. The molecule has 0 amide bonds. The van der Waals surface area contributed by atoms with Gasteiger partial charge in [0.25, 0.3) is 5.69 Å². The lowest BCUT2D eigenvalue weighted by atomic mass is 9.95. The van der Waals surface area contributed by atoms with Crippen molar-refractivity contribution < 1.29 is 14.4 Å². The number of allylic oxidation sites excluding steroid dienone is 2. The molecule has 2 rings (SSSR count). The molecule has 10 heteroatoms. The molecule has 1 aliphatic rings. The summed E-state index contributed by atoms with van der Waals surface area (Å²) in [5.41, 5.74) is -0.574. The zero-order valence-corrected chi connectivity index (χ0v) is 16.0. The van der Waals surface area contributed by atoms with E-state index >= 15 is 0 Å². The topological polar surface area (TPSA) is 158 Å². The average molecular weight is 392 g/mol. The highest BCUT2D eigenvalue weighted by Crippen LogP contribution is 2.40. The fraction of sp³-hybridized carbons (Fsp3) is 0.316. The first kappa shape index (κ1) is 21.1. The number of ether oxygens (including phenoxy) is 2. The van der Waals surface area contributed by atoms with Gasteiger partial charge in [-0.3, -0.25) is 10.1 Å². The third kappa shape index (κ3) is 4.37. The summed E-state index contributed by atoms with van der Waals surface area (Å²) in [6.45, 7) is 5.36. The zero-order valence-electron chi connectivity index (χ0n) is 16.0. The minimum Gasteiger partial charge on any atom is -0.491 e. The Morgan fingerprint density at radius 3 is 2.55 bits per heavy atom. The summed E-state index contributed by atoms with van der Waals surface area (Å²) in [5, 5.41) is 46.7. The second-order valence-corrected chi connectivity index (χ2v) is 6.25. The first-order valence-corrected chi connectivity index (χ1v) is 8.45. The van der Waals surface area contributed by atoms with Gasteiger partial charge in [0.2, 0.25) is 0 Å². The number of hydrogen-bond acceptors (Lipinski definition) is 9. The van der Waals surface area contributed by atoms with Crippen molar-refractivity contribution in [2.24, 2.45) is 10.2 Å². The fourth-order valence-electron chi connectivity index (χ4n) is 2.65. The van der Waals surface area contributed by atoms with Crippen LogP contribution in [0.1, 0.15) is 20.8 Å². The van der Waals surface area contributed by atoms with E-state index in [2.05, 4.69) is 10.2 Å². The van der Waals surface area contributed by atoms with Crippen LogP contribution in [-0.4, -0.2) is 23.7 Å². The largest absolute Gasteiger partial charge is 0.491 e. The molecule has 0 atom stereocenters. The van der Waals surface area contributed by atoms with E-state index in [0.29, 0.717) is 11.3 Å². The van der Waals surface area contributed by atoms with Gasteiger partial charge in [-0.15, -0.1) is 0 Å². The molecule has 1 aromatic rings. The maximum atomic E-state index is 10.9. The summed E-state index contributed by atoms with van der Waals surface area (Å²) < 4.78 is 11.0. The third-order valence-electron chi connectivity index (χ3n) is 4.04. The highest BCUT2D eigenvalue weighted by molar-refractivity contribution is 5.58. The van der Waals surface area contributed by atoms with Crippen LogP contribution in [0.4, 0.5) is 11.4 Å². The predicted octanol–water partition coefficient (Wildman–Crippen LogP) is 4.01. The van der Waals surface area contributed by atoms with Crippen LogP contribution in [-0.2, 0) is 4.74 Å². The Balaban J connectivity index is 2.41. The lowest BCUT2D eigenvalue weighted by Gasteiger charge is -2.21. The molecule has 1 heterocycles. The van der Waals surface area contributed by atoms with Crippen molar-refractivity contribution in [2.75, 3.05) is 13.2 Å². The smallest absolute Gasteiger partial charge is 0.273 e. The number of azo groups is 1. The van der Waals surface area contributed by atoms with E-state index in [-0.39, 0.29) is 41.5 Å². The van der Waals surface area contributed by atoms with Crippen molar-refractivity contribution >= 4 is 11.4 Å². The summed E-state index contributed by atoms with van der Waals surface area (Å²) in [7, 11) is 0. The van der Waals surface area contributed by atoms with Crippen molar-refractivity contribution in [3.8, 4) is 24.0 Å². The minimum absolute atomic E-state index is 0.0356. The lowest BCUT2D eigenvalue weighted by Crippen LogP contribution is -2.23. The van der Waals surface area contributed by atoms with E-state index in [9.17, 15) is 15.4 Å². The monoisotopic (exact) mass is 392 g/mol. The number of nitro benzene ring substituents is 1. The molecule has 0 aliphatic carbocycles. The van der Waals surface area contributed by atoms with Gasteiger partial charge in [0.1, 0.15) is 35.1 Å². The molecule has 10 nitrogen and oxygen atoms in total. The van der Waals surface area contributed by atoms with E-state index in [1.165, 1.54) is 18.2 Å². The number of hydrogen-bond donors (Lipinski definition) is 0. The molecule has 0 N–H and O–H groups in total. The first-order chi connectivity index (χ1) is 13.8. The summed E-state index contributed by atoms with van der Waals surface area (Å²) >= 11 is 0. The van der Waals surface area contributed by atoms with Crippen LogP contribution in [0.3, 0.4) is 0 Å². The van der Waals surface area contributed by atoms with Gasteiger partial charge in [-0.25, -0.2) is 0 Å². The van der Waals surface area contributed by atoms with E-state index in [4.69, 9.17) is 20.0 Å². The minimum atomic E-state index is -0.962. The second kappa shape index (κ2) is 8.64. The number of nitrogens with zero attached hydrogens (tertiary/aromatic N) is 6. The quantitative estimate of drug-likeness (QED) is 0.306. The van der Waals surface area contributed by atoms with E-state index in [1.807, 2.05) is 6.07 Å². The van der Waals surface area contributed by atoms with Crippen LogP contribution >= 0.6 is 0 Å². The normalized spacial score (nSPS) is 14.7. The van der Waals surface area contributed by atoms with E-state index in [1.54, 1.807) is 32.9 Å². The van der Waals surface area contributed by atoms with Crippen molar-refractivity contribution in [1.82, 2.24) is 0 Å². The second-order valence-electron chi connectivity index (χ2n) is 6.25. The SMILES string of the molecule is CCOc1cc([N+](=O)[O-])ccc1N=NCC1=C(C#N)C(=C(C#N)C#N)OC1(C)C. The maximum absolute atomic E-state index is 10.9. The molecule has 1 aromatic carbocycles. The van der Waals surface area contributed by atoms with Crippen LogP contribution in [0.2, 0.25) is 0 Å². The molecule has 0 saturated heterocycles. The molecule has 146 valence electrons. The van der Waals surface area contributed by atoms with Crippen molar-refractivity contribution in [2.45, 2.75) is 26.4 Å². The summed E-state index contributed by atoms with van der Waals surface area (Å²) in [6.07, 6.45) is 0. The molecule has 0 saturated carbocycles. The highest BCUT2D eigenvalue weighted by atomic mass is 16.6. The Kier molecular flexibility index (Phi) is 6.28. The molecule has 0 spiro atoms. The molecule has 0 fully saturated rings. The molecule has 29 heavy (non-hydrogen) atoms. The maximum Gasteiger partial charge on any atom is 0.273 e. The van der Waals surface area contributed by atoms with Crippen LogP contribution < -0.4 is 4.74 Å². The average Bonchev–Trinajstić information content (AvgIpc) is 2.94. The Morgan fingerprint density at radius 1 is 1.31 bits per heavy atom. The predicted molar refractivity (Wildman–Crippen MR) is 99.7 cm³/mol. The van der Waals surface area contributed by atoms with Gasteiger partial charge in [-0.05, 0) is 26.8 Å². The molecule has 0 unspecified atom stereocenters. The number of benzene rings is 1. The molecule has 0 bridgehead atoms. The molecular formula is C19H16N6O4. The van der Waals surface area contributed by atoms with Gasteiger partial charge < -0.3 is 9.47 Å². The fourth-order valence-corrected chi connectivity index (χ4v) is 2.65. The number of non-ortho nitro benzene ring substituents is 1. The third-order valence-corrected chi connectivity index (χ3v) is 4.04. The van der Waals surface area contributed by atoms with Gasteiger partial charge in [0.15, 0.2) is 17.1 Å². The summed E-state index contributed by atoms with van der Waals surface area (Å²) in [4.78, 5) is 10.4. The summed E-state index contributed by atoms with van der Waals surface area (Å²) in [5.74, 6) is 0.136.